The van der Waals surface area contributed by atoms with Gasteiger partial charge in [-0.1, -0.05) is 5.16 Å². The van der Waals surface area contributed by atoms with E-state index in [0.29, 0.717) is 5.56 Å². The maximum absolute atomic E-state index is 13.5. The molecule has 0 saturated carbocycles. The molecule has 1 saturated heterocycles. The van der Waals surface area contributed by atoms with Crippen LogP contribution in [-0.4, -0.2) is 28.8 Å². The second kappa shape index (κ2) is 5.43. The van der Waals surface area contributed by atoms with Crippen molar-refractivity contribution in [2.75, 3.05) is 13.1 Å². The van der Waals surface area contributed by atoms with E-state index < -0.39 is 11.6 Å². The summed E-state index contributed by atoms with van der Waals surface area (Å²) in [5, 5.41) is 6.87. The lowest BCUT2D eigenvalue weighted by Crippen LogP contribution is -2.58. The molecular formula is C13H12BrF2N3O2. The van der Waals surface area contributed by atoms with E-state index in [1.165, 1.54) is 6.07 Å². The number of ether oxygens (including phenoxy) is 1. The number of halogens is 3. The lowest BCUT2D eigenvalue weighted by atomic mass is 10.0. The molecule has 0 radical (unpaired) electrons. The molecule has 21 heavy (non-hydrogen) atoms. The second-order valence-electron chi connectivity index (χ2n) is 5.08. The van der Waals surface area contributed by atoms with Gasteiger partial charge in [0.25, 0.3) is 5.89 Å². The Morgan fingerprint density at radius 1 is 1.43 bits per heavy atom. The van der Waals surface area contributed by atoms with Crippen LogP contribution < -0.4 is 5.32 Å². The summed E-state index contributed by atoms with van der Waals surface area (Å²) in [5.74, 6) is -1.46. The predicted molar refractivity (Wildman–Crippen MR) is 73.4 cm³/mol. The lowest BCUT2D eigenvalue weighted by molar-refractivity contribution is -0.0841. The number of benzene rings is 1. The highest BCUT2D eigenvalue weighted by Gasteiger charge is 2.33. The van der Waals surface area contributed by atoms with E-state index in [2.05, 4.69) is 31.4 Å². The van der Waals surface area contributed by atoms with Gasteiger partial charge in [-0.05, 0) is 35.0 Å². The van der Waals surface area contributed by atoms with Crippen molar-refractivity contribution in [1.82, 2.24) is 15.5 Å². The molecule has 0 amide bonds. The first-order valence-electron chi connectivity index (χ1n) is 6.30. The monoisotopic (exact) mass is 359 g/mol. The number of hydrogen-bond acceptors (Lipinski definition) is 5. The Kier molecular flexibility index (Phi) is 3.76. The summed E-state index contributed by atoms with van der Waals surface area (Å²) in [6.07, 6.45) is 0. The number of nitrogens with zero attached hydrogens (tertiary/aromatic N) is 2. The molecule has 1 N–H and O–H groups in total. The van der Waals surface area contributed by atoms with Crippen LogP contribution in [0.15, 0.2) is 21.1 Å². The van der Waals surface area contributed by atoms with Crippen molar-refractivity contribution in [3.8, 4) is 11.4 Å². The van der Waals surface area contributed by atoms with Crippen LogP contribution in [0.5, 0.6) is 0 Å². The quantitative estimate of drug-likeness (QED) is 0.850. The Bertz CT molecular complexity index is 673. The molecule has 2 heterocycles. The molecule has 1 aromatic carbocycles. The molecule has 112 valence electrons. The maximum atomic E-state index is 13.5. The van der Waals surface area contributed by atoms with Gasteiger partial charge < -0.3 is 14.6 Å². The molecule has 1 aliphatic heterocycles. The molecular weight excluding hydrogens is 348 g/mol. The van der Waals surface area contributed by atoms with Gasteiger partial charge in [0.15, 0.2) is 11.6 Å². The van der Waals surface area contributed by atoms with Crippen molar-refractivity contribution < 1.29 is 18.0 Å². The maximum Gasteiger partial charge on any atom is 0.252 e. The average Bonchev–Trinajstić information content (AvgIpc) is 2.89. The van der Waals surface area contributed by atoms with Gasteiger partial charge >= 0.3 is 0 Å². The van der Waals surface area contributed by atoms with Crippen LogP contribution in [0.25, 0.3) is 11.4 Å². The highest BCUT2D eigenvalue weighted by Crippen LogP contribution is 2.30. The summed E-state index contributed by atoms with van der Waals surface area (Å²) in [6, 6.07) is 2.40. The molecule has 0 aliphatic carbocycles. The molecule has 1 aromatic heterocycles. The third-order valence-corrected chi connectivity index (χ3v) is 4.06. The van der Waals surface area contributed by atoms with E-state index in [0.717, 1.165) is 19.2 Å². The standard InChI is InChI=1S/C13H12BrF2N3O2/c1-13(5-17-6-13)20-4-9-18-12(19-21-9)7-2-3-8(15)11(16)10(7)14/h2-3,17H,4-6H2,1H3. The highest BCUT2D eigenvalue weighted by molar-refractivity contribution is 9.10. The van der Waals surface area contributed by atoms with Crippen molar-refractivity contribution in [2.24, 2.45) is 0 Å². The van der Waals surface area contributed by atoms with Crippen LogP contribution >= 0.6 is 15.9 Å². The minimum absolute atomic E-state index is 0.0362. The number of aromatic nitrogens is 2. The fraction of sp³-hybridized carbons (Fsp3) is 0.385. The van der Waals surface area contributed by atoms with Gasteiger partial charge in [-0.2, -0.15) is 4.98 Å². The van der Waals surface area contributed by atoms with Gasteiger partial charge in [0, 0.05) is 18.7 Å². The summed E-state index contributed by atoms with van der Waals surface area (Å²) < 4.78 is 37.3. The fourth-order valence-corrected chi connectivity index (χ4v) is 2.44. The third kappa shape index (κ3) is 2.83. The number of rotatable bonds is 4. The van der Waals surface area contributed by atoms with Crippen LogP contribution in [0, 0.1) is 11.6 Å². The fourth-order valence-electron chi connectivity index (χ4n) is 1.94. The number of nitrogens with one attached hydrogen (secondary N) is 1. The highest BCUT2D eigenvalue weighted by atomic mass is 79.9. The Balaban J connectivity index is 1.77. The van der Waals surface area contributed by atoms with Crippen molar-refractivity contribution in [3.63, 3.8) is 0 Å². The molecule has 1 fully saturated rings. The summed E-state index contributed by atoms with van der Waals surface area (Å²) in [6.45, 7) is 3.69. The van der Waals surface area contributed by atoms with E-state index in [-0.39, 0.29) is 28.4 Å². The molecule has 0 bridgehead atoms. The van der Waals surface area contributed by atoms with Crippen LogP contribution in [-0.2, 0) is 11.3 Å². The van der Waals surface area contributed by atoms with Gasteiger partial charge in [0.1, 0.15) is 6.61 Å². The van der Waals surface area contributed by atoms with E-state index in [1.54, 1.807) is 0 Å². The molecule has 5 nitrogen and oxygen atoms in total. The Morgan fingerprint density at radius 2 is 2.19 bits per heavy atom. The predicted octanol–water partition coefficient (Wildman–Crippen LogP) is 2.66. The van der Waals surface area contributed by atoms with Crippen molar-refractivity contribution >= 4 is 15.9 Å². The molecule has 0 unspecified atom stereocenters. The van der Waals surface area contributed by atoms with Gasteiger partial charge in [0.2, 0.25) is 5.82 Å². The summed E-state index contributed by atoms with van der Waals surface area (Å²) in [4.78, 5) is 4.13. The second-order valence-corrected chi connectivity index (χ2v) is 5.87. The first-order valence-corrected chi connectivity index (χ1v) is 7.09. The SMILES string of the molecule is CC1(OCc2nc(-c3ccc(F)c(F)c3Br)no2)CNC1. The first-order chi connectivity index (χ1) is 9.98. The lowest BCUT2D eigenvalue weighted by Gasteiger charge is -2.38. The van der Waals surface area contributed by atoms with E-state index in [1.807, 2.05) is 6.92 Å². The van der Waals surface area contributed by atoms with Crippen molar-refractivity contribution in [1.29, 1.82) is 0 Å². The Labute approximate surface area is 127 Å². The van der Waals surface area contributed by atoms with Crippen LogP contribution in [0.1, 0.15) is 12.8 Å². The summed E-state index contributed by atoms with van der Waals surface area (Å²) >= 11 is 2.99. The van der Waals surface area contributed by atoms with E-state index in [4.69, 9.17) is 9.26 Å². The molecule has 8 heteroatoms. The van der Waals surface area contributed by atoms with Crippen LogP contribution in [0.4, 0.5) is 8.78 Å². The molecule has 1 aliphatic rings. The van der Waals surface area contributed by atoms with Crippen LogP contribution in [0.2, 0.25) is 0 Å². The Hall–Kier alpha value is -1.38. The zero-order valence-corrected chi connectivity index (χ0v) is 12.7. The van der Waals surface area contributed by atoms with Crippen LogP contribution in [0.3, 0.4) is 0 Å². The number of hydrogen-bond donors (Lipinski definition) is 1. The third-order valence-electron chi connectivity index (χ3n) is 3.29. The summed E-state index contributed by atoms with van der Waals surface area (Å²) in [5.41, 5.74) is 0.0948. The van der Waals surface area contributed by atoms with E-state index >= 15 is 0 Å². The topological polar surface area (TPSA) is 60.2 Å². The zero-order valence-electron chi connectivity index (χ0n) is 11.1. The molecule has 2 aromatic rings. The average molecular weight is 360 g/mol. The summed E-state index contributed by atoms with van der Waals surface area (Å²) in [7, 11) is 0. The van der Waals surface area contributed by atoms with Crippen molar-refractivity contribution in [3.05, 3.63) is 34.1 Å². The minimum atomic E-state index is -0.983. The Morgan fingerprint density at radius 3 is 2.86 bits per heavy atom. The zero-order chi connectivity index (χ0) is 15.0. The minimum Gasteiger partial charge on any atom is -0.363 e. The van der Waals surface area contributed by atoms with Crippen molar-refractivity contribution in [2.45, 2.75) is 19.1 Å². The molecule has 0 spiro atoms. The molecule has 0 atom stereocenters. The smallest absolute Gasteiger partial charge is 0.252 e. The molecule has 3 rings (SSSR count). The first kappa shape index (κ1) is 14.6. The van der Waals surface area contributed by atoms with Gasteiger partial charge in [-0.3, -0.25) is 0 Å². The largest absolute Gasteiger partial charge is 0.363 e. The van der Waals surface area contributed by atoms with Gasteiger partial charge in [0.05, 0.1) is 10.1 Å². The van der Waals surface area contributed by atoms with Gasteiger partial charge in [-0.15, -0.1) is 0 Å². The normalized spacial score (nSPS) is 16.8. The van der Waals surface area contributed by atoms with E-state index in [9.17, 15) is 8.78 Å². The van der Waals surface area contributed by atoms with Gasteiger partial charge in [-0.25, -0.2) is 8.78 Å².